The van der Waals surface area contributed by atoms with Crippen LogP contribution in [0.5, 0.6) is 0 Å². The maximum atomic E-state index is 11.6. The molecule has 0 aliphatic carbocycles. The Morgan fingerprint density at radius 2 is 2.33 bits per heavy atom. The highest BCUT2D eigenvalue weighted by Crippen LogP contribution is 2.26. The molecule has 0 saturated carbocycles. The minimum atomic E-state index is -0.541. The molecule has 0 fully saturated rings. The van der Waals surface area contributed by atoms with E-state index in [1.807, 2.05) is 13.8 Å². The van der Waals surface area contributed by atoms with Crippen molar-refractivity contribution in [1.29, 1.82) is 0 Å². The van der Waals surface area contributed by atoms with Crippen LogP contribution in [0, 0.1) is 16.0 Å². The zero-order chi connectivity index (χ0) is 13.7. The lowest BCUT2D eigenvalue weighted by Crippen LogP contribution is -2.31. The van der Waals surface area contributed by atoms with Crippen molar-refractivity contribution in [2.75, 3.05) is 12.4 Å². The van der Waals surface area contributed by atoms with Crippen molar-refractivity contribution in [2.24, 2.45) is 5.92 Å². The molecule has 1 rings (SSSR count). The van der Waals surface area contributed by atoms with Crippen LogP contribution in [0.15, 0.2) is 6.20 Å². The molecule has 18 heavy (non-hydrogen) atoms. The molecule has 0 saturated heterocycles. The number of hydrogen-bond acceptors (Lipinski definition) is 7. The SMILES string of the molecule is COC(=O)C(CC(C)C)Nc1ncc([N+](=O)[O-])s1. The molecule has 0 aromatic carbocycles. The number of rotatable bonds is 6. The van der Waals surface area contributed by atoms with Gasteiger partial charge in [-0.3, -0.25) is 10.1 Å². The van der Waals surface area contributed by atoms with E-state index in [0.29, 0.717) is 11.6 Å². The molecule has 1 heterocycles. The molecular formula is C10H15N3O4S. The standard InChI is InChI=1S/C10H15N3O4S/c1-6(2)4-7(9(14)17-3)12-10-11-5-8(18-10)13(15)16/h5-7H,4H2,1-3H3,(H,11,12). The number of thiazole rings is 1. The Labute approximate surface area is 108 Å². The fourth-order valence-corrected chi connectivity index (χ4v) is 2.08. The molecule has 1 atom stereocenters. The Kier molecular flexibility index (Phi) is 5.02. The third kappa shape index (κ3) is 3.95. The van der Waals surface area contributed by atoms with E-state index >= 15 is 0 Å². The monoisotopic (exact) mass is 273 g/mol. The van der Waals surface area contributed by atoms with E-state index in [1.165, 1.54) is 7.11 Å². The molecule has 0 radical (unpaired) electrons. The Bertz CT molecular complexity index is 433. The minimum Gasteiger partial charge on any atom is -0.467 e. The van der Waals surface area contributed by atoms with E-state index in [-0.39, 0.29) is 10.9 Å². The van der Waals surface area contributed by atoms with Crippen molar-refractivity contribution in [2.45, 2.75) is 26.3 Å². The first-order valence-electron chi connectivity index (χ1n) is 5.38. The third-order valence-corrected chi connectivity index (χ3v) is 3.04. The summed E-state index contributed by atoms with van der Waals surface area (Å²) in [6, 6.07) is -0.541. The van der Waals surface area contributed by atoms with E-state index in [1.54, 1.807) is 0 Å². The highest BCUT2D eigenvalue weighted by Gasteiger charge is 2.22. The van der Waals surface area contributed by atoms with Gasteiger partial charge in [0.25, 0.3) is 0 Å². The molecule has 1 unspecified atom stereocenters. The van der Waals surface area contributed by atoms with Gasteiger partial charge < -0.3 is 10.1 Å². The lowest BCUT2D eigenvalue weighted by Gasteiger charge is -2.17. The van der Waals surface area contributed by atoms with Gasteiger partial charge in [0, 0.05) is 0 Å². The smallest absolute Gasteiger partial charge is 0.345 e. The number of ether oxygens (including phenoxy) is 1. The van der Waals surface area contributed by atoms with Crippen LogP contribution in [-0.2, 0) is 9.53 Å². The predicted octanol–water partition coefficient (Wildman–Crippen LogP) is 2.05. The number of methoxy groups -OCH3 is 1. The van der Waals surface area contributed by atoms with Crippen molar-refractivity contribution in [3.05, 3.63) is 16.3 Å². The van der Waals surface area contributed by atoms with Crippen LogP contribution in [0.2, 0.25) is 0 Å². The van der Waals surface area contributed by atoms with Crippen LogP contribution in [0.25, 0.3) is 0 Å². The molecule has 7 nitrogen and oxygen atoms in total. The minimum absolute atomic E-state index is 0.0642. The summed E-state index contributed by atoms with van der Waals surface area (Å²) in [5, 5.41) is 13.7. The third-order valence-electron chi connectivity index (χ3n) is 2.16. The lowest BCUT2D eigenvalue weighted by atomic mass is 10.0. The number of nitrogens with one attached hydrogen (secondary N) is 1. The number of aromatic nitrogens is 1. The zero-order valence-electron chi connectivity index (χ0n) is 10.4. The molecule has 1 N–H and O–H groups in total. The van der Waals surface area contributed by atoms with Crippen molar-refractivity contribution in [1.82, 2.24) is 4.98 Å². The van der Waals surface area contributed by atoms with Gasteiger partial charge in [0.1, 0.15) is 12.2 Å². The maximum Gasteiger partial charge on any atom is 0.345 e. The molecule has 0 aliphatic heterocycles. The van der Waals surface area contributed by atoms with Gasteiger partial charge in [-0.25, -0.2) is 9.78 Å². The van der Waals surface area contributed by atoms with Crippen LogP contribution in [0.1, 0.15) is 20.3 Å². The number of hydrogen-bond donors (Lipinski definition) is 1. The second-order valence-corrected chi connectivity index (χ2v) is 5.12. The summed E-state index contributed by atoms with van der Waals surface area (Å²) in [4.78, 5) is 25.4. The first kappa shape index (κ1) is 14.4. The fraction of sp³-hybridized carbons (Fsp3) is 0.600. The molecule has 1 aromatic rings. The second-order valence-electron chi connectivity index (χ2n) is 4.11. The first-order chi connectivity index (χ1) is 8.43. The maximum absolute atomic E-state index is 11.6. The highest BCUT2D eigenvalue weighted by atomic mass is 32.1. The van der Waals surface area contributed by atoms with E-state index in [4.69, 9.17) is 0 Å². The van der Waals surface area contributed by atoms with Gasteiger partial charge in [0.2, 0.25) is 0 Å². The van der Waals surface area contributed by atoms with Crippen molar-refractivity contribution in [3.63, 3.8) is 0 Å². The molecule has 0 bridgehead atoms. The average molecular weight is 273 g/mol. The van der Waals surface area contributed by atoms with Crippen LogP contribution in [0.4, 0.5) is 10.1 Å². The molecule has 100 valence electrons. The quantitative estimate of drug-likeness (QED) is 0.484. The number of anilines is 1. The predicted molar refractivity (Wildman–Crippen MR) is 67.7 cm³/mol. The first-order valence-corrected chi connectivity index (χ1v) is 6.20. The van der Waals surface area contributed by atoms with Crippen LogP contribution in [0.3, 0.4) is 0 Å². The molecule has 0 amide bonds. The normalized spacial score (nSPS) is 12.2. The molecule has 0 aliphatic rings. The number of esters is 1. The van der Waals surface area contributed by atoms with E-state index in [0.717, 1.165) is 17.5 Å². The van der Waals surface area contributed by atoms with Gasteiger partial charge >= 0.3 is 11.0 Å². The summed E-state index contributed by atoms with van der Waals surface area (Å²) in [5.41, 5.74) is 0. The Morgan fingerprint density at radius 1 is 1.67 bits per heavy atom. The summed E-state index contributed by atoms with van der Waals surface area (Å²) < 4.78 is 4.68. The van der Waals surface area contributed by atoms with Crippen molar-refractivity contribution in [3.8, 4) is 0 Å². The summed E-state index contributed by atoms with van der Waals surface area (Å²) in [6.45, 7) is 3.95. The van der Waals surface area contributed by atoms with Crippen molar-refractivity contribution < 1.29 is 14.5 Å². The number of carbonyl (C=O) groups excluding carboxylic acids is 1. The molecular weight excluding hydrogens is 258 g/mol. The fourth-order valence-electron chi connectivity index (χ4n) is 1.39. The summed E-state index contributed by atoms with van der Waals surface area (Å²) in [5.74, 6) is -0.113. The number of nitro groups is 1. The molecule has 1 aromatic heterocycles. The van der Waals surface area contributed by atoms with Crippen LogP contribution >= 0.6 is 11.3 Å². The summed E-state index contributed by atoms with van der Waals surface area (Å²) >= 11 is 0.895. The Hall–Kier alpha value is -1.70. The average Bonchev–Trinajstić information content (AvgIpc) is 2.75. The topological polar surface area (TPSA) is 94.4 Å². The van der Waals surface area contributed by atoms with Gasteiger partial charge in [-0.05, 0) is 23.7 Å². The Balaban J connectivity index is 2.75. The van der Waals surface area contributed by atoms with Crippen LogP contribution < -0.4 is 5.32 Å². The lowest BCUT2D eigenvalue weighted by molar-refractivity contribution is -0.380. The van der Waals surface area contributed by atoms with E-state index in [2.05, 4.69) is 15.0 Å². The highest BCUT2D eigenvalue weighted by molar-refractivity contribution is 7.18. The number of carbonyl (C=O) groups is 1. The van der Waals surface area contributed by atoms with Crippen LogP contribution in [-0.4, -0.2) is 29.0 Å². The van der Waals surface area contributed by atoms with Gasteiger partial charge in [-0.1, -0.05) is 13.8 Å². The molecule has 0 spiro atoms. The van der Waals surface area contributed by atoms with Gasteiger partial charge in [-0.15, -0.1) is 0 Å². The van der Waals surface area contributed by atoms with E-state index in [9.17, 15) is 14.9 Å². The Morgan fingerprint density at radius 3 is 2.78 bits per heavy atom. The number of nitrogens with zero attached hydrogens (tertiary/aromatic N) is 2. The van der Waals surface area contributed by atoms with E-state index < -0.39 is 16.9 Å². The summed E-state index contributed by atoms with van der Waals surface area (Å²) in [6.07, 6.45) is 1.73. The van der Waals surface area contributed by atoms with Crippen molar-refractivity contribution >= 4 is 27.4 Å². The molecule has 8 heteroatoms. The second kappa shape index (κ2) is 6.29. The van der Waals surface area contributed by atoms with Gasteiger partial charge in [-0.2, -0.15) is 0 Å². The van der Waals surface area contributed by atoms with Gasteiger partial charge in [0.15, 0.2) is 5.13 Å². The largest absolute Gasteiger partial charge is 0.467 e. The van der Waals surface area contributed by atoms with Gasteiger partial charge in [0.05, 0.1) is 12.0 Å². The summed E-state index contributed by atoms with van der Waals surface area (Å²) in [7, 11) is 1.31. The zero-order valence-corrected chi connectivity index (χ0v) is 11.2.